The molecule has 1 aliphatic rings. The highest BCUT2D eigenvalue weighted by Gasteiger charge is 2.26. The summed E-state index contributed by atoms with van der Waals surface area (Å²) in [6, 6.07) is 14.3. The van der Waals surface area contributed by atoms with E-state index in [9.17, 15) is 0 Å². The number of ether oxygens (including phenoxy) is 1. The van der Waals surface area contributed by atoms with Crippen LogP contribution >= 0.6 is 11.6 Å². The van der Waals surface area contributed by atoms with Gasteiger partial charge in [-0.3, -0.25) is 0 Å². The molecule has 3 heteroatoms. The van der Waals surface area contributed by atoms with Crippen LogP contribution in [0, 0.1) is 0 Å². The van der Waals surface area contributed by atoms with Crippen molar-refractivity contribution in [2.45, 2.75) is 25.9 Å². The molecule has 2 aromatic rings. The van der Waals surface area contributed by atoms with Crippen LogP contribution < -0.4 is 10.1 Å². The van der Waals surface area contributed by atoms with Crippen molar-refractivity contribution in [1.29, 1.82) is 0 Å². The highest BCUT2D eigenvalue weighted by Crippen LogP contribution is 2.41. The van der Waals surface area contributed by atoms with Gasteiger partial charge in [0.2, 0.25) is 0 Å². The number of fused-ring (bicyclic) bond motifs is 1. The molecule has 1 heterocycles. The monoisotopic (exact) mass is 287 g/mol. The maximum atomic E-state index is 6.43. The normalized spacial score (nSPS) is 16.6. The fourth-order valence-electron chi connectivity index (χ4n) is 2.45. The van der Waals surface area contributed by atoms with Gasteiger partial charge in [0.05, 0.1) is 10.7 Å². The average Bonchev–Trinajstić information content (AvgIpc) is 2.58. The second kappa shape index (κ2) is 5.02. The molecule has 104 valence electrons. The SMILES string of the molecule is CC1(C)CCNc2cc(-c3ccccc3)cc(Cl)c2O1. The predicted molar refractivity (Wildman–Crippen MR) is 84.7 cm³/mol. The topological polar surface area (TPSA) is 21.3 Å². The molecule has 2 aromatic carbocycles. The first-order valence-electron chi connectivity index (χ1n) is 6.87. The van der Waals surface area contributed by atoms with Crippen molar-refractivity contribution in [1.82, 2.24) is 0 Å². The molecule has 0 saturated heterocycles. The lowest BCUT2D eigenvalue weighted by atomic mass is 10.0. The molecule has 20 heavy (non-hydrogen) atoms. The highest BCUT2D eigenvalue weighted by molar-refractivity contribution is 6.33. The second-order valence-corrected chi connectivity index (χ2v) is 6.15. The molecule has 0 aromatic heterocycles. The number of hydrogen-bond acceptors (Lipinski definition) is 2. The van der Waals surface area contributed by atoms with E-state index in [4.69, 9.17) is 16.3 Å². The molecule has 0 spiro atoms. The zero-order valence-corrected chi connectivity index (χ0v) is 12.5. The van der Waals surface area contributed by atoms with Crippen LogP contribution in [0.25, 0.3) is 11.1 Å². The quantitative estimate of drug-likeness (QED) is 0.799. The van der Waals surface area contributed by atoms with Crippen LogP contribution in [0.4, 0.5) is 5.69 Å². The van der Waals surface area contributed by atoms with Crippen molar-refractivity contribution >= 4 is 17.3 Å². The Labute approximate surface area is 124 Å². The third-order valence-corrected chi connectivity index (χ3v) is 3.85. The van der Waals surface area contributed by atoms with Gasteiger partial charge in [-0.1, -0.05) is 41.9 Å². The molecule has 1 N–H and O–H groups in total. The van der Waals surface area contributed by atoms with Crippen molar-refractivity contribution in [3.8, 4) is 16.9 Å². The van der Waals surface area contributed by atoms with Crippen molar-refractivity contribution < 1.29 is 4.74 Å². The van der Waals surface area contributed by atoms with Gasteiger partial charge in [-0.2, -0.15) is 0 Å². The molecule has 0 radical (unpaired) electrons. The van der Waals surface area contributed by atoms with Crippen LogP contribution in [0.15, 0.2) is 42.5 Å². The van der Waals surface area contributed by atoms with E-state index in [0.717, 1.165) is 35.5 Å². The number of halogens is 1. The molecule has 0 bridgehead atoms. The number of anilines is 1. The molecular formula is C17H18ClNO. The first-order chi connectivity index (χ1) is 9.55. The minimum Gasteiger partial charge on any atom is -0.484 e. The third-order valence-electron chi connectivity index (χ3n) is 3.57. The second-order valence-electron chi connectivity index (χ2n) is 5.74. The summed E-state index contributed by atoms with van der Waals surface area (Å²) >= 11 is 6.43. The Morgan fingerprint density at radius 3 is 2.60 bits per heavy atom. The maximum absolute atomic E-state index is 6.43. The number of hydrogen-bond donors (Lipinski definition) is 1. The zero-order valence-electron chi connectivity index (χ0n) is 11.7. The molecule has 0 amide bonds. The van der Waals surface area contributed by atoms with Gasteiger partial charge < -0.3 is 10.1 Å². The minimum absolute atomic E-state index is 0.198. The van der Waals surface area contributed by atoms with Crippen LogP contribution in [-0.2, 0) is 0 Å². The number of nitrogens with one attached hydrogen (secondary N) is 1. The van der Waals surface area contributed by atoms with E-state index in [1.54, 1.807) is 0 Å². The predicted octanol–water partition coefficient (Wildman–Crippen LogP) is 4.98. The van der Waals surface area contributed by atoms with E-state index < -0.39 is 0 Å². The first kappa shape index (κ1) is 13.3. The Kier molecular flexibility index (Phi) is 3.35. The summed E-state index contributed by atoms with van der Waals surface area (Å²) < 4.78 is 6.07. The van der Waals surface area contributed by atoms with E-state index >= 15 is 0 Å². The molecular weight excluding hydrogens is 270 g/mol. The Morgan fingerprint density at radius 2 is 1.85 bits per heavy atom. The lowest BCUT2D eigenvalue weighted by Gasteiger charge is -2.24. The van der Waals surface area contributed by atoms with E-state index in [1.807, 2.05) is 24.3 Å². The Morgan fingerprint density at radius 1 is 1.10 bits per heavy atom. The van der Waals surface area contributed by atoms with Crippen molar-refractivity contribution in [3.05, 3.63) is 47.5 Å². The van der Waals surface area contributed by atoms with Gasteiger partial charge >= 0.3 is 0 Å². The summed E-state index contributed by atoms with van der Waals surface area (Å²) in [7, 11) is 0. The molecule has 0 atom stereocenters. The standard InChI is InChI=1S/C17H18ClNO/c1-17(2)8-9-19-15-11-13(10-14(18)16(15)20-17)12-6-4-3-5-7-12/h3-7,10-11,19H,8-9H2,1-2H3. The van der Waals surface area contributed by atoms with Crippen molar-refractivity contribution in [3.63, 3.8) is 0 Å². The average molecular weight is 288 g/mol. The molecule has 2 nitrogen and oxygen atoms in total. The lowest BCUT2D eigenvalue weighted by molar-refractivity contribution is 0.109. The fraction of sp³-hybridized carbons (Fsp3) is 0.294. The van der Waals surface area contributed by atoms with Crippen LogP contribution in [0.2, 0.25) is 5.02 Å². The summed E-state index contributed by atoms with van der Waals surface area (Å²) in [5.74, 6) is 0.758. The smallest absolute Gasteiger partial charge is 0.161 e. The Balaban J connectivity index is 2.07. The fourth-order valence-corrected chi connectivity index (χ4v) is 2.71. The van der Waals surface area contributed by atoms with Crippen LogP contribution in [0.3, 0.4) is 0 Å². The summed E-state index contributed by atoms with van der Waals surface area (Å²) in [5, 5.41) is 4.08. The first-order valence-corrected chi connectivity index (χ1v) is 7.25. The largest absolute Gasteiger partial charge is 0.484 e. The van der Waals surface area contributed by atoms with Gasteiger partial charge in [-0.25, -0.2) is 0 Å². The molecule has 0 aliphatic carbocycles. The number of rotatable bonds is 1. The van der Waals surface area contributed by atoms with Crippen molar-refractivity contribution in [2.24, 2.45) is 0 Å². The Hall–Kier alpha value is -1.67. The van der Waals surface area contributed by atoms with E-state index in [2.05, 4.69) is 37.4 Å². The lowest BCUT2D eigenvalue weighted by Crippen LogP contribution is -2.28. The minimum atomic E-state index is -0.198. The van der Waals surface area contributed by atoms with Gasteiger partial charge in [0, 0.05) is 13.0 Å². The van der Waals surface area contributed by atoms with Gasteiger partial charge in [-0.15, -0.1) is 0 Å². The van der Waals surface area contributed by atoms with E-state index in [-0.39, 0.29) is 5.60 Å². The van der Waals surface area contributed by atoms with E-state index in [0.29, 0.717) is 5.02 Å². The van der Waals surface area contributed by atoms with Crippen LogP contribution in [0.5, 0.6) is 5.75 Å². The summed E-state index contributed by atoms with van der Waals surface area (Å²) in [6.07, 6.45) is 0.943. The van der Waals surface area contributed by atoms with Gasteiger partial charge in [0.15, 0.2) is 5.75 Å². The summed E-state index contributed by atoms with van der Waals surface area (Å²) in [5.41, 5.74) is 3.03. The van der Waals surface area contributed by atoms with Gasteiger partial charge in [-0.05, 0) is 37.1 Å². The van der Waals surface area contributed by atoms with Crippen LogP contribution in [-0.4, -0.2) is 12.1 Å². The molecule has 0 saturated carbocycles. The maximum Gasteiger partial charge on any atom is 0.161 e. The highest BCUT2D eigenvalue weighted by atomic mass is 35.5. The number of benzene rings is 2. The molecule has 0 fully saturated rings. The molecule has 0 unspecified atom stereocenters. The molecule has 3 rings (SSSR count). The van der Waals surface area contributed by atoms with E-state index in [1.165, 1.54) is 0 Å². The van der Waals surface area contributed by atoms with Crippen molar-refractivity contribution in [2.75, 3.05) is 11.9 Å². The Bertz CT molecular complexity index is 622. The van der Waals surface area contributed by atoms with Crippen LogP contribution in [0.1, 0.15) is 20.3 Å². The third kappa shape index (κ3) is 2.61. The van der Waals surface area contributed by atoms with Gasteiger partial charge in [0.1, 0.15) is 5.60 Å². The van der Waals surface area contributed by atoms with Gasteiger partial charge in [0.25, 0.3) is 0 Å². The molecule has 1 aliphatic heterocycles. The summed E-state index contributed by atoms with van der Waals surface area (Å²) in [6.45, 7) is 5.06. The summed E-state index contributed by atoms with van der Waals surface area (Å²) in [4.78, 5) is 0. The zero-order chi connectivity index (χ0) is 14.2.